The number of hydrogen-bond acceptors (Lipinski definition) is 3. The van der Waals surface area contributed by atoms with Crippen LogP contribution in [0.4, 0.5) is 16.3 Å². The molecule has 0 spiro atoms. The van der Waals surface area contributed by atoms with Gasteiger partial charge in [-0.2, -0.15) is 5.10 Å². The Morgan fingerprint density at radius 2 is 1.79 bits per heavy atom. The summed E-state index contributed by atoms with van der Waals surface area (Å²) >= 11 is 12.3. The second-order valence-corrected chi connectivity index (χ2v) is 9.53. The van der Waals surface area contributed by atoms with Crippen molar-refractivity contribution in [3.63, 3.8) is 0 Å². The van der Waals surface area contributed by atoms with Crippen LogP contribution in [0.25, 0.3) is 16.5 Å². The molecule has 0 saturated heterocycles. The molecular formula is C25H24Cl2N4O2. The number of nitrogens with one attached hydrogen (secondary N) is 2. The number of nitrogens with zero attached hydrogens (tertiary/aromatic N) is 2. The average molecular weight is 483 g/mol. The standard InChI is InChI=1S/C25H24Cl2N4O2/c1-25(2,3)21-13-22(29-24(33)28-20-10-6-9-19(26)23(20)27)31(30-21)17-11-15-7-4-5-8-18(15)16(12-17)14-32/h4-13,32H,14H2,1-3H3,(H2,28,29,33). The van der Waals surface area contributed by atoms with Gasteiger partial charge in [-0.3, -0.25) is 5.32 Å². The lowest BCUT2D eigenvalue weighted by atomic mass is 9.92. The molecule has 0 saturated carbocycles. The molecule has 1 heterocycles. The molecule has 1 aromatic heterocycles. The average Bonchev–Trinajstić information content (AvgIpc) is 3.20. The summed E-state index contributed by atoms with van der Waals surface area (Å²) < 4.78 is 1.67. The molecule has 4 aromatic rings. The fraction of sp³-hybridized carbons (Fsp3) is 0.200. The number of anilines is 2. The van der Waals surface area contributed by atoms with Gasteiger partial charge in [-0.15, -0.1) is 0 Å². The van der Waals surface area contributed by atoms with Crippen molar-refractivity contribution in [2.75, 3.05) is 10.6 Å². The van der Waals surface area contributed by atoms with Gasteiger partial charge in [-0.05, 0) is 40.6 Å². The molecule has 170 valence electrons. The van der Waals surface area contributed by atoms with Gasteiger partial charge in [-0.25, -0.2) is 9.48 Å². The number of benzene rings is 3. The van der Waals surface area contributed by atoms with Crippen LogP contribution in [0.2, 0.25) is 10.0 Å². The summed E-state index contributed by atoms with van der Waals surface area (Å²) in [6, 6.07) is 18.1. The number of carbonyl (C=O) groups excluding carboxylic acids is 1. The van der Waals surface area contributed by atoms with Gasteiger partial charge in [0.05, 0.1) is 33.7 Å². The molecule has 0 unspecified atom stereocenters. The van der Waals surface area contributed by atoms with Crippen molar-refractivity contribution in [3.05, 3.63) is 82.0 Å². The monoisotopic (exact) mass is 482 g/mol. The molecule has 3 N–H and O–H groups in total. The number of aromatic nitrogens is 2. The predicted octanol–water partition coefficient (Wildman–Crippen LogP) is 6.77. The summed E-state index contributed by atoms with van der Waals surface area (Å²) in [6.45, 7) is 6.04. The molecule has 0 fully saturated rings. The molecule has 8 heteroatoms. The maximum Gasteiger partial charge on any atom is 0.324 e. The van der Waals surface area contributed by atoms with E-state index in [-0.39, 0.29) is 17.0 Å². The van der Waals surface area contributed by atoms with E-state index >= 15 is 0 Å². The third kappa shape index (κ3) is 4.83. The summed E-state index contributed by atoms with van der Waals surface area (Å²) in [4.78, 5) is 12.8. The third-order valence-corrected chi connectivity index (χ3v) is 6.09. The van der Waals surface area contributed by atoms with E-state index in [1.165, 1.54) is 0 Å². The van der Waals surface area contributed by atoms with E-state index < -0.39 is 6.03 Å². The number of aliphatic hydroxyl groups excluding tert-OH is 1. The van der Waals surface area contributed by atoms with Crippen LogP contribution >= 0.6 is 23.2 Å². The zero-order chi connectivity index (χ0) is 23.8. The molecule has 33 heavy (non-hydrogen) atoms. The summed E-state index contributed by atoms with van der Waals surface area (Å²) in [5.74, 6) is 0.481. The summed E-state index contributed by atoms with van der Waals surface area (Å²) in [5, 5.41) is 22.9. The zero-order valence-electron chi connectivity index (χ0n) is 18.5. The Hall–Kier alpha value is -3.06. The number of hydrogen-bond donors (Lipinski definition) is 3. The quantitative estimate of drug-likeness (QED) is 0.300. The van der Waals surface area contributed by atoms with Crippen LogP contribution in [0.5, 0.6) is 0 Å². The van der Waals surface area contributed by atoms with Crippen molar-refractivity contribution in [2.24, 2.45) is 0 Å². The van der Waals surface area contributed by atoms with Crippen LogP contribution in [0.15, 0.2) is 60.7 Å². The SMILES string of the molecule is CC(C)(C)c1cc(NC(=O)Nc2cccc(Cl)c2Cl)n(-c2cc(CO)c3ccccc3c2)n1. The molecule has 0 bridgehead atoms. The highest BCUT2D eigenvalue weighted by molar-refractivity contribution is 6.44. The normalized spacial score (nSPS) is 11.6. The van der Waals surface area contributed by atoms with Gasteiger partial charge in [0.25, 0.3) is 0 Å². The van der Waals surface area contributed by atoms with Crippen LogP contribution < -0.4 is 10.6 Å². The van der Waals surface area contributed by atoms with Gasteiger partial charge in [0.2, 0.25) is 0 Å². The largest absolute Gasteiger partial charge is 0.392 e. The van der Waals surface area contributed by atoms with E-state index in [1.807, 2.05) is 42.5 Å². The lowest BCUT2D eigenvalue weighted by Gasteiger charge is -2.14. The third-order valence-electron chi connectivity index (χ3n) is 5.27. The maximum atomic E-state index is 12.8. The number of urea groups is 1. The van der Waals surface area contributed by atoms with Crippen molar-refractivity contribution in [3.8, 4) is 5.69 Å². The molecule has 0 radical (unpaired) electrons. The fourth-order valence-electron chi connectivity index (χ4n) is 3.53. The van der Waals surface area contributed by atoms with E-state index in [0.29, 0.717) is 16.5 Å². The summed E-state index contributed by atoms with van der Waals surface area (Å²) in [6.07, 6.45) is 0. The van der Waals surface area contributed by atoms with Crippen LogP contribution in [-0.2, 0) is 12.0 Å². The number of amides is 2. The van der Waals surface area contributed by atoms with E-state index in [9.17, 15) is 9.90 Å². The number of carbonyl (C=O) groups is 1. The molecule has 0 atom stereocenters. The molecule has 3 aromatic carbocycles. The highest BCUT2D eigenvalue weighted by atomic mass is 35.5. The maximum absolute atomic E-state index is 12.8. The number of halogens is 2. The lowest BCUT2D eigenvalue weighted by molar-refractivity contribution is 0.262. The van der Waals surface area contributed by atoms with E-state index in [0.717, 1.165) is 27.7 Å². The predicted molar refractivity (Wildman–Crippen MR) is 135 cm³/mol. The minimum absolute atomic E-state index is 0.113. The first-order chi connectivity index (χ1) is 15.7. The topological polar surface area (TPSA) is 79.2 Å². The Morgan fingerprint density at radius 3 is 2.52 bits per heavy atom. The fourth-order valence-corrected chi connectivity index (χ4v) is 3.88. The van der Waals surface area contributed by atoms with Gasteiger partial charge in [-0.1, -0.05) is 74.3 Å². The second-order valence-electron chi connectivity index (χ2n) is 8.74. The van der Waals surface area contributed by atoms with Crippen molar-refractivity contribution in [2.45, 2.75) is 32.8 Å². The highest BCUT2D eigenvalue weighted by Gasteiger charge is 2.22. The van der Waals surface area contributed by atoms with Crippen molar-refractivity contribution in [1.29, 1.82) is 0 Å². The van der Waals surface area contributed by atoms with Crippen LogP contribution in [0, 0.1) is 0 Å². The van der Waals surface area contributed by atoms with E-state index in [2.05, 4.69) is 31.4 Å². The Bertz CT molecular complexity index is 1340. The zero-order valence-corrected chi connectivity index (χ0v) is 20.0. The van der Waals surface area contributed by atoms with Gasteiger partial charge in [0, 0.05) is 11.5 Å². The van der Waals surface area contributed by atoms with Crippen LogP contribution in [0.3, 0.4) is 0 Å². The second kappa shape index (κ2) is 9.06. The molecule has 0 aliphatic carbocycles. The van der Waals surface area contributed by atoms with Gasteiger partial charge >= 0.3 is 6.03 Å². The van der Waals surface area contributed by atoms with E-state index in [1.54, 1.807) is 22.9 Å². The van der Waals surface area contributed by atoms with Crippen molar-refractivity contribution < 1.29 is 9.90 Å². The van der Waals surface area contributed by atoms with Crippen LogP contribution in [-0.4, -0.2) is 20.9 Å². The first-order valence-electron chi connectivity index (χ1n) is 10.4. The first-order valence-corrected chi connectivity index (χ1v) is 11.2. The minimum Gasteiger partial charge on any atom is -0.392 e. The Labute approximate surface area is 202 Å². The number of fused-ring (bicyclic) bond motifs is 1. The highest BCUT2D eigenvalue weighted by Crippen LogP contribution is 2.31. The Morgan fingerprint density at radius 1 is 1.03 bits per heavy atom. The van der Waals surface area contributed by atoms with Gasteiger partial charge in [0.15, 0.2) is 0 Å². The molecule has 0 aliphatic heterocycles. The summed E-state index contributed by atoms with van der Waals surface area (Å²) in [7, 11) is 0. The Kier molecular flexibility index (Phi) is 6.34. The number of aliphatic hydroxyl groups is 1. The molecule has 4 rings (SSSR count). The number of rotatable bonds is 4. The molecule has 0 aliphatic rings. The van der Waals surface area contributed by atoms with Crippen molar-refractivity contribution in [1.82, 2.24) is 9.78 Å². The van der Waals surface area contributed by atoms with Crippen LogP contribution in [0.1, 0.15) is 32.0 Å². The Balaban J connectivity index is 1.75. The van der Waals surface area contributed by atoms with Gasteiger partial charge in [0.1, 0.15) is 5.82 Å². The molecule has 6 nitrogen and oxygen atoms in total. The first kappa shape index (κ1) is 23.1. The lowest BCUT2D eigenvalue weighted by Crippen LogP contribution is -2.21. The minimum atomic E-state index is -0.482. The van der Waals surface area contributed by atoms with Crippen molar-refractivity contribution >= 4 is 51.5 Å². The van der Waals surface area contributed by atoms with Gasteiger partial charge < -0.3 is 10.4 Å². The van der Waals surface area contributed by atoms with E-state index in [4.69, 9.17) is 28.3 Å². The molecular weight excluding hydrogens is 459 g/mol. The summed E-state index contributed by atoms with van der Waals surface area (Å²) in [5.41, 5.74) is 2.46. The smallest absolute Gasteiger partial charge is 0.324 e. The molecule has 2 amide bonds.